The Morgan fingerprint density at radius 3 is 2.70 bits per heavy atom. The predicted octanol–water partition coefficient (Wildman–Crippen LogP) is 2.81. The minimum atomic E-state index is -0.254. The van der Waals surface area contributed by atoms with Gasteiger partial charge in [0.25, 0.3) is 5.91 Å². The Kier molecular flexibility index (Phi) is 4.34. The van der Waals surface area contributed by atoms with Crippen molar-refractivity contribution >= 4 is 17.5 Å². The van der Waals surface area contributed by atoms with Crippen LogP contribution in [0.15, 0.2) is 55.2 Å². The summed E-state index contributed by atoms with van der Waals surface area (Å²) in [6.07, 6.45) is 4.66. The van der Waals surface area contributed by atoms with Gasteiger partial charge in [-0.05, 0) is 36.8 Å². The first-order valence-corrected chi connectivity index (χ1v) is 7.39. The highest BCUT2D eigenvalue weighted by molar-refractivity contribution is 6.32. The van der Waals surface area contributed by atoms with Crippen LogP contribution < -0.4 is 5.32 Å². The summed E-state index contributed by atoms with van der Waals surface area (Å²) in [5, 5.41) is 7.18. The Bertz CT molecular complexity index is 802. The second-order valence-corrected chi connectivity index (χ2v) is 5.33. The number of nitrogens with zero attached hydrogens (tertiary/aromatic N) is 4. The van der Waals surface area contributed by atoms with E-state index in [1.54, 1.807) is 29.3 Å². The number of hydrogen-bond donors (Lipinski definition) is 1. The van der Waals surface area contributed by atoms with Gasteiger partial charge in [0, 0.05) is 6.20 Å². The molecule has 1 atom stereocenters. The van der Waals surface area contributed by atoms with E-state index in [1.807, 2.05) is 31.2 Å². The number of halogens is 1. The first kappa shape index (κ1) is 15.2. The Balaban J connectivity index is 1.72. The van der Waals surface area contributed by atoms with Crippen LogP contribution >= 0.6 is 11.6 Å². The number of amides is 1. The average Bonchev–Trinajstić information content (AvgIpc) is 3.09. The molecule has 0 radical (unpaired) electrons. The first-order valence-electron chi connectivity index (χ1n) is 7.01. The third-order valence-corrected chi connectivity index (χ3v) is 3.73. The number of pyridine rings is 1. The highest BCUT2D eigenvalue weighted by Crippen LogP contribution is 2.17. The minimum Gasteiger partial charge on any atom is -0.345 e. The molecule has 2 heterocycles. The van der Waals surface area contributed by atoms with Crippen molar-refractivity contribution in [2.24, 2.45) is 0 Å². The van der Waals surface area contributed by atoms with E-state index in [2.05, 4.69) is 20.4 Å². The van der Waals surface area contributed by atoms with Crippen LogP contribution in [0.4, 0.5) is 0 Å². The fourth-order valence-corrected chi connectivity index (χ4v) is 2.38. The Morgan fingerprint density at radius 2 is 2.04 bits per heavy atom. The molecular weight excluding hydrogens is 314 g/mol. The van der Waals surface area contributed by atoms with Gasteiger partial charge in [0.1, 0.15) is 17.8 Å². The predicted molar refractivity (Wildman–Crippen MR) is 86.5 cm³/mol. The number of nitrogens with one attached hydrogen (secondary N) is 1. The lowest BCUT2D eigenvalue weighted by atomic mass is 10.1. The normalized spacial score (nSPS) is 11.9. The average molecular weight is 328 g/mol. The van der Waals surface area contributed by atoms with E-state index in [0.717, 1.165) is 11.3 Å². The van der Waals surface area contributed by atoms with Crippen molar-refractivity contribution in [3.63, 3.8) is 0 Å². The number of rotatable bonds is 4. The largest absolute Gasteiger partial charge is 0.345 e. The SMILES string of the molecule is C[C@@H](NC(=O)c1cccnc1Cl)c1ccc(-n2cncn2)cc1. The number of benzene rings is 1. The van der Waals surface area contributed by atoms with E-state index < -0.39 is 0 Å². The summed E-state index contributed by atoms with van der Waals surface area (Å²) in [4.78, 5) is 20.1. The summed E-state index contributed by atoms with van der Waals surface area (Å²) in [5.74, 6) is -0.254. The maximum absolute atomic E-state index is 12.2. The molecular formula is C16H14ClN5O. The zero-order valence-electron chi connectivity index (χ0n) is 12.3. The number of carbonyl (C=O) groups is 1. The molecule has 1 amide bonds. The van der Waals surface area contributed by atoms with Crippen LogP contribution in [-0.4, -0.2) is 25.7 Å². The lowest BCUT2D eigenvalue weighted by molar-refractivity contribution is 0.0939. The van der Waals surface area contributed by atoms with Gasteiger partial charge >= 0.3 is 0 Å². The van der Waals surface area contributed by atoms with E-state index >= 15 is 0 Å². The highest BCUT2D eigenvalue weighted by Gasteiger charge is 2.14. The number of aromatic nitrogens is 4. The monoisotopic (exact) mass is 327 g/mol. The molecule has 1 aromatic carbocycles. The third-order valence-electron chi connectivity index (χ3n) is 3.43. The van der Waals surface area contributed by atoms with E-state index in [0.29, 0.717) is 5.56 Å². The van der Waals surface area contributed by atoms with Crippen LogP contribution in [0.2, 0.25) is 5.15 Å². The van der Waals surface area contributed by atoms with Crippen molar-refractivity contribution in [2.75, 3.05) is 0 Å². The van der Waals surface area contributed by atoms with Gasteiger partial charge in [-0.3, -0.25) is 4.79 Å². The van der Waals surface area contributed by atoms with E-state index in [4.69, 9.17) is 11.6 Å². The van der Waals surface area contributed by atoms with Gasteiger partial charge in [-0.1, -0.05) is 23.7 Å². The summed E-state index contributed by atoms with van der Waals surface area (Å²) in [7, 11) is 0. The molecule has 0 fully saturated rings. The molecule has 0 aliphatic carbocycles. The molecule has 6 nitrogen and oxygen atoms in total. The lowest BCUT2D eigenvalue weighted by Crippen LogP contribution is -2.27. The van der Waals surface area contributed by atoms with E-state index in [9.17, 15) is 4.79 Å². The fraction of sp³-hybridized carbons (Fsp3) is 0.125. The zero-order valence-corrected chi connectivity index (χ0v) is 13.1. The summed E-state index contributed by atoms with van der Waals surface area (Å²) in [6, 6.07) is 10.9. The molecule has 0 aliphatic heterocycles. The molecule has 1 N–H and O–H groups in total. The van der Waals surface area contributed by atoms with Crippen LogP contribution in [0, 0.1) is 0 Å². The molecule has 23 heavy (non-hydrogen) atoms. The summed E-state index contributed by atoms with van der Waals surface area (Å²) in [5.41, 5.74) is 2.24. The van der Waals surface area contributed by atoms with Crippen LogP contribution in [0.1, 0.15) is 28.9 Å². The molecule has 0 saturated heterocycles. The van der Waals surface area contributed by atoms with Gasteiger partial charge in [-0.25, -0.2) is 14.6 Å². The Morgan fingerprint density at radius 1 is 1.26 bits per heavy atom. The van der Waals surface area contributed by atoms with Gasteiger partial charge in [0.05, 0.1) is 17.3 Å². The smallest absolute Gasteiger partial charge is 0.254 e. The molecule has 0 bridgehead atoms. The molecule has 2 aromatic heterocycles. The topological polar surface area (TPSA) is 72.7 Å². The van der Waals surface area contributed by atoms with Crippen molar-refractivity contribution in [2.45, 2.75) is 13.0 Å². The fourth-order valence-electron chi connectivity index (χ4n) is 2.17. The second-order valence-electron chi connectivity index (χ2n) is 4.97. The van der Waals surface area contributed by atoms with Gasteiger partial charge in [0.15, 0.2) is 0 Å². The van der Waals surface area contributed by atoms with Crippen molar-refractivity contribution < 1.29 is 4.79 Å². The number of carbonyl (C=O) groups excluding carboxylic acids is 1. The van der Waals surface area contributed by atoms with Crippen LogP contribution in [0.3, 0.4) is 0 Å². The molecule has 7 heteroatoms. The maximum atomic E-state index is 12.2. The standard InChI is InChI=1S/C16H14ClN5O/c1-11(21-16(23)14-3-2-8-19-15(14)17)12-4-6-13(7-5-12)22-10-18-9-20-22/h2-11H,1H3,(H,21,23)/t11-/m1/s1. The molecule has 0 unspecified atom stereocenters. The van der Waals surface area contributed by atoms with Crippen molar-refractivity contribution in [3.8, 4) is 5.69 Å². The first-order chi connectivity index (χ1) is 11.1. The van der Waals surface area contributed by atoms with E-state index in [1.165, 1.54) is 6.33 Å². The van der Waals surface area contributed by atoms with Crippen LogP contribution in [-0.2, 0) is 0 Å². The molecule has 3 aromatic rings. The van der Waals surface area contributed by atoms with Gasteiger partial charge in [0.2, 0.25) is 0 Å². The molecule has 116 valence electrons. The minimum absolute atomic E-state index is 0.163. The molecule has 0 saturated carbocycles. The Labute approximate surface area is 138 Å². The molecule has 0 aliphatic rings. The number of hydrogen-bond acceptors (Lipinski definition) is 4. The maximum Gasteiger partial charge on any atom is 0.254 e. The molecule has 0 spiro atoms. The van der Waals surface area contributed by atoms with Gasteiger partial charge in [-0.15, -0.1) is 0 Å². The van der Waals surface area contributed by atoms with Gasteiger partial charge in [-0.2, -0.15) is 5.10 Å². The van der Waals surface area contributed by atoms with Crippen molar-refractivity contribution in [1.29, 1.82) is 0 Å². The van der Waals surface area contributed by atoms with Crippen molar-refractivity contribution in [3.05, 3.63) is 71.5 Å². The lowest BCUT2D eigenvalue weighted by Gasteiger charge is -2.15. The van der Waals surface area contributed by atoms with Crippen LogP contribution in [0.25, 0.3) is 5.69 Å². The third kappa shape index (κ3) is 3.37. The second kappa shape index (κ2) is 6.58. The van der Waals surface area contributed by atoms with E-state index in [-0.39, 0.29) is 17.1 Å². The quantitative estimate of drug-likeness (QED) is 0.748. The summed E-state index contributed by atoms with van der Waals surface area (Å²) in [6.45, 7) is 1.91. The van der Waals surface area contributed by atoms with Crippen molar-refractivity contribution in [1.82, 2.24) is 25.1 Å². The summed E-state index contributed by atoms with van der Waals surface area (Å²) >= 11 is 5.94. The van der Waals surface area contributed by atoms with Gasteiger partial charge < -0.3 is 5.32 Å². The highest BCUT2D eigenvalue weighted by atomic mass is 35.5. The summed E-state index contributed by atoms with van der Waals surface area (Å²) < 4.78 is 1.67. The molecule has 3 rings (SSSR count). The zero-order chi connectivity index (χ0) is 16.2. The Hall–Kier alpha value is -2.73. The van der Waals surface area contributed by atoms with Crippen LogP contribution in [0.5, 0.6) is 0 Å².